The highest BCUT2D eigenvalue weighted by Crippen LogP contribution is 2.10. The standard InChI is InChI=1S/C21H29N7O/c1-2-22-20(26-17-18-7-4-3-5-8-18)23-12-9-19(29)27-13-15-28(16-14-27)21-24-10-6-11-25-21/h3-8,10-11H,2,9,12-17H2,1H3,(H2,22,23,26). The zero-order valence-electron chi connectivity index (χ0n) is 16.9. The van der Waals surface area contributed by atoms with E-state index in [4.69, 9.17) is 0 Å². The van der Waals surface area contributed by atoms with Gasteiger partial charge in [0, 0.05) is 58.1 Å². The van der Waals surface area contributed by atoms with Gasteiger partial charge in [-0.15, -0.1) is 0 Å². The molecule has 1 aliphatic rings. The van der Waals surface area contributed by atoms with Crippen molar-refractivity contribution in [3.8, 4) is 0 Å². The fraction of sp³-hybridized carbons (Fsp3) is 0.429. The molecule has 1 fully saturated rings. The summed E-state index contributed by atoms with van der Waals surface area (Å²) < 4.78 is 0. The van der Waals surface area contributed by atoms with Gasteiger partial charge in [-0.1, -0.05) is 30.3 Å². The van der Waals surface area contributed by atoms with E-state index in [9.17, 15) is 4.79 Å². The van der Waals surface area contributed by atoms with Gasteiger partial charge in [-0.05, 0) is 18.6 Å². The second-order valence-corrected chi connectivity index (χ2v) is 6.77. The summed E-state index contributed by atoms with van der Waals surface area (Å²) in [6.45, 7) is 6.86. The number of benzene rings is 1. The molecule has 3 rings (SSSR count). The number of piperazine rings is 1. The number of hydrogen-bond donors (Lipinski definition) is 2. The predicted molar refractivity (Wildman–Crippen MR) is 115 cm³/mol. The van der Waals surface area contributed by atoms with E-state index >= 15 is 0 Å². The summed E-state index contributed by atoms with van der Waals surface area (Å²) in [7, 11) is 0. The third-order valence-electron chi connectivity index (χ3n) is 4.71. The SMILES string of the molecule is CCNC(=NCc1ccccc1)NCCC(=O)N1CCN(c2ncccn2)CC1. The molecule has 29 heavy (non-hydrogen) atoms. The minimum absolute atomic E-state index is 0.157. The van der Waals surface area contributed by atoms with Crippen molar-refractivity contribution in [3.63, 3.8) is 0 Å². The first-order valence-electron chi connectivity index (χ1n) is 10.1. The van der Waals surface area contributed by atoms with Gasteiger partial charge in [-0.2, -0.15) is 0 Å². The third kappa shape index (κ3) is 6.44. The van der Waals surface area contributed by atoms with Gasteiger partial charge in [0.25, 0.3) is 0 Å². The normalized spacial score (nSPS) is 14.6. The van der Waals surface area contributed by atoms with Crippen LogP contribution in [0.4, 0.5) is 5.95 Å². The molecule has 0 unspecified atom stereocenters. The molecular weight excluding hydrogens is 366 g/mol. The molecule has 0 bridgehead atoms. The number of aromatic nitrogens is 2. The van der Waals surface area contributed by atoms with E-state index in [-0.39, 0.29) is 5.91 Å². The first-order chi connectivity index (χ1) is 14.3. The Balaban J connectivity index is 1.41. The first kappa shape index (κ1) is 20.6. The summed E-state index contributed by atoms with van der Waals surface area (Å²) in [5.41, 5.74) is 1.15. The lowest BCUT2D eigenvalue weighted by Gasteiger charge is -2.34. The molecule has 1 aromatic carbocycles. The van der Waals surface area contributed by atoms with Crippen LogP contribution >= 0.6 is 0 Å². The highest BCUT2D eigenvalue weighted by atomic mass is 16.2. The number of nitrogens with zero attached hydrogens (tertiary/aromatic N) is 5. The van der Waals surface area contributed by atoms with E-state index in [1.165, 1.54) is 0 Å². The zero-order chi connectivity index (χ0) is 20.3. The molecule has 1 aromatic heterocycles. The monoisotopic (exact) mass is 395 g/mol. The summed E-state index contributed by atoms with van der Waals surface area (Å²) in [6, 6.07) is 11.9. The average molecular weight is 396 g/mol. The Labute approximate surface area is 172 Å². The fourth-order valence-electron chi connectivity index (χ4n) is 3.15. The van der Waals surface area contributed by atoms with Gasteiger partial charge in [0.1, 0.15) is 0 Å². The number of hydrogen-bond acceptors (Lipinski definition) is 5. The van der Waals surface area contributed by atoms with Crippen molar-refractivity contribution in [2.45, 2.75) is 19.9 Å². The van der Waals surface area contributed by atoms with Crippen LogP contribution in [0.5, 0.6) is 0 Å². The van der Waals surface area contributed by atoms with Crippen molar-refractivity contribution in [2.24, 2.45) is 4.99 Å². The predicted octanol–water partition coefficient (Wildman–Crippen LogP) is 1.27. The van der Waals surface area contributed by atoms with Crippen LogP contribution < -0.4 is 15.5 Å². The van der Waals surface area contributed by atoms with Crippen LogP contribution in [-0.2, 0) is 11.3 Å². The second kappa shape index (κ2) is 11.0. The van der Waals surface area contributed by atoms with E-state index in [1.807, 2.05) is 30.0 Å². The van der Waals surface area contributed by atoms with Crippen LogP contribution in [0.1, 0.15) is 18.9 Å². The minimum Gasteiger partial charge on any atom is -0.357 e. The zero-order valence-corrected chi connectivity index (χ0v) is 16.9. The van der Waals surface area contributed by atoms with Gasteiger partial charge in [-0.3, -0.25) is 4.79 Å². The summed E-state index contributed by atoms with van der Waals surface area (Å²) in [5, 5.41) is 6.48. The Bertz CT molecular complexity index is 774. The summed E-state index contributed by atoms with van der Waals surface area (Å²) >= 11 is 0. The number of carbonyl (C=O) groups excluding carboxylic acids is 1. The van der Waals surface area contributed by atoms with Gasteiger partial charge in [-0.25, -0.2) is 15.0 Å². The summed E-state index contributed by atoms with van der Waals surface area (Å²) in [4.78, 5) is 29.7. The molecule has 0 atom stereocenters. The Morgan fingerprint density at radius 1 is 1.03 bits per heavy atom. The number of anilines is 1. The van der Waals surface area contributed by atoms with Crippen LogP contribution in [-0.4, -0.2) is 66.0 Å². The Hall–Kier alpha value is -3.16. The van der Waals surface area contributed by atoms with Crippen molar-refractivity contribution in [3.05, 3.63) is 54.4 Å². The van der Waals surface area contributed by atoms with E-state index < -0.39 is 0 Å². The smallest absolute Gasteiger partial charge is 0.225 e. The molecule has 2 N–H and O–H groups in total. The summed E-state index contributed by atoms with van der Waals surface area (Å²) in [6.07, 6.45) is 3.93. The number of amides is 1. The van der Waals surface area contributed by atoms with E-state index in [0.29, 0.717) is 32.6 Å². The molecule has 2 aromatic rings. The molecule has 0 aliphatic carbocycles. The number of rotatable bonds is 7. The quantitative estimate of drug-likeness (QED) is 0.542. The van der Waals surface area contributed by atoms with Crippen molar-refractivity contribution in [1.82, 2.24) is 25.5 Å². The van der Waals surface area contributed by atoms with Crippen LogP contribution in [0, 0.1) is 0 Å². The lowest BCUT2D eigenvalue weighted by molar-refractivity contribution is -0.131. The number of guanidine groups is 1. The van der Waals surface area contributed by atoms with Crippen LogP contribution in [0.2, 0.25) is 0 Å². The second-order valence-electron chi connectivity index (χ2n) is 6.77. The van der Waals surface area contributed by atoms with Gasteiger partial charge < -0.3 is 20.4 Å². The molecule has 0 spiro atoms. The fourth-order valence-corrected chi connectivity index (χ4v) is 3.15. The van der Waals surface area contributed by atoms with E-state index in [0.717, 1.165) is 37.1 Å². The minimum atomic E-state index is 0.157. The lowest BCUT2D eigenvalue weighted by Crippen LogP contribution is -2.50. The van der Waals surface area contributed by atoms with Gasteiger partial charge in [0.2, 0.25) is 11.9 Å². The van der Waals surface area contributed by atoms with Crippen LogP contribution in [0.3, 0.4) is 0 Å². The number of carbonyl (C=O) groups is 1. The molecular formula is C21H29N7O. The number of nitrogens with one attached hydrogen (secondary N) is 2. The summed E-state index contributed by atoms with van der Waals surface area (Å²) in [5.74, 6) is 1.62. The maximum atomic E-state index is 12.5. The number of aliphatic imine (C=N–C) groups is 1. The first-order valence-corrected chi connectivity index (χ1v) is 10.1. The van der Waals surface area contributed by atoms with Crippen LogP contribution in [0.15, 0.2) is 53.8 Å². The molecule has 154 valence electrons. The van der Waals surface area contributed by atoms with Crippen molar-refractivity contribution >= 4 is 17.8 Å². The van der Waals surface area contributed by atoms with E-state index in [1.54, 1.807) is 18.5 Å². The van der Waals surface area contributed by atoms with E-state index in [2.05, 4.69) is 42.6 Å². The molecule has 1 amide bonds. The topological polar surface area (TPSA) is 85.8 Å². The molecule has 0 saturated carbocycles. The van der Waals surface area contributed by atoms with Crippen molar-refractivity contribution < 1.29 is 4.79 Å². The maximum Gasteiger partial charge on any atom is 0.225 e. The molecule has 1 saturated heterocycles. The van der Waals surface area contributed by atoms with Gasteiger partial charge >= 0.3 is 0 Å². The molecule has 0 radical (unpaired) electrons. The highest BCUT2D eigenvalue weighted by Gasteiger charge is 2.22. The third-order valence-corrected chi connectivity index (χ3v) is 4.71. The maximum absolute atomic E-state index is 12.5. The average Bonchev–Trinajstić information content (AvgIpc) is 2.79. The molecule has 1 aliphatic heterocycles. The molecule has 8 heteroatoms. The lowest BCUT2D eigenvalue weighted by atomic mass is 10.2. The largest absolute Gasteiger partial charge is 0.357 e. The Morgan fingerprint density at radius 2 is 1.76 bits per heavy atom. The van der Waals surface area contributed by atoms with Crippen molar-refractivity contribution in [2.75, 3.05) is 44.2 Å². The van der Waals surface area contributed by atoms with Gasteiger partial charge in [0.15, 0.2) is 5.96 Å². The highest BCUT2D eigenvalue weighted by molar-refractivity contribution is 5.81. The Kier molecular flexibility index (Phi) is 7.80. The van der Waals surface area contributed by atoms with Crippen molar-refractivity contribution in [1.29, 1.82) is 0 Å². The Morgan fingerprint density at radius 3 is 2.45 bits per heavy atom. The van der Waals surface area contributed by atoms with Crippen LogP contribution in [0.25, 0.3) is 0 Å². The molecule has 2 heterocycles. The molecule has 8 nitrogen and oxygen atoms in total. The van der Waals surface area contributed by atoms with Gasteiger partial charge in [0.05, 0.1) is 6.54 Å².